The summed E-state index contributed by atoms with van der Waals surface area (Å²) in [5.41, 5.74) is 1.74. The Bertz CT molecular complexity index is 967. The van der Waals surface area contributed by atoms with E-state index in [0.29, 0.717) is 24.2 Å². The summed E-state index contributed by atoms with van der Waals surface area (Å²) in [5, 5.41) is 14.5. The van der Waals surface area contributed by atoms with E-state index in [4.69, 9.17) is 5.26 Å². The van der Waals surface area contributed by atoms with Gasteiger partial charge in [-0.3, -0.25) is 14.4 Å². The third kappa shape index (κ3) is 6.42. The molecule has 3 amide bonds. The molecule has 2 aromatic rings. The SMILES string of the molecule is N#Cc1ccc(C(=O)NCC(=O)N2CCCCCCNC(=O)CC2c2ccccc2)cc1. The largest absolute Gasteiger partial charge is 0.356 e. The van der Waals surface area contributed by atoms with Crippen LogP contribution in [0.25, 0.3) is 0 Å². The number of amides is 3. The number of nitrogens with one attached hydrogen (secondary N) is 2. The normalized spacial score (nSPS) is 17.4. The van der Waals surface area contributed by atoms with E-state index in [1.807, 2.05) is 36.4 Å². The van der Waals surface area contributed by atoms with E-state index in [2.05, 4.69) is 10.6 Å². The van der Waals surface area contributed by atoms with Crippen LogP contribution in [0.5, 0.6) is 0 Å². The second-order valence-electron chi connectivity index (χ2n) is 7.85. The maximum Gasteiger partial charge on any atom is 0.251 e. The van der Waals surface area contributed by atoms with Crippen molar-refractivity contribution >= 4 is 17.7 Å². The predicted molar refractivity (Wildman–Crippen MR) is 120 cm³/mol. The van der Waals surface area contributed by atoms with E-state index in [1.165, 1.54) is 0 Å². The minimum absolute atomic E-state index is 0.0832. The van der Waals surface area contributed by atoms with Crippen LogP contribution in [0.4, 0.5) is 0 Å². The van der Waals surface area contributed by atoms with Gasteiger partial charge in [0.1, 0.15) is 0 Å². The second kappa shape index (κ2) is 11.7. The number of nitriles is 1. The van der Waals surface area contributed by atoms with Gasteiger partial charge in [-0.25, -0.2) is 0 Å². The van der Waals surface area contributed by atoms with Crippen LogP contribution in [-0.2, 0) is 9.59 Å². The first-order valence-electron chi connectivity index (χ1n) is 11.0. The molecule has 7 heteroatoms. The summed E-state index contributed by atoms with van der Waals surface area (Å²) >= 11 is 0. The first kappa shape index (κ1) is 23.0. The summed E-state index contributed by atoms with van der Waals surface area (Å²) in [5.74, 6) is -0.692. The molecule has 1 unspecified atom stereocenters. The van der Waals surface area contributed by atoms with Crippen molar-refractivity contribution in [1.82, 2.24) is 15.5 Å². The quantitative estimate of drug-likeness (QED) is 0.775. The summed E-state index contributed by atoms with van der Waals surface area (Å²) in [7, 11) is 0. The number of rotatable bonds is 4. The Labute approximate surface area is 188 Å². The highest BCUT2D eigenvalue weighted by molar-refractivity contribution is 5.96. The lowest BCUT2D eigenvalue weighted by atomic mass is 10.0. The van der Waals surface area contributed by atoms with Crippen LogP contribution in [0, 0.1) is 11.3 Å². The third-order valence-corrected chi connectivity index (χ3v) is 5.58. The van der Waals surface area contributed by atoms with Gasteiger partial charge < -0.3 is 15.5 Å². The summed E-state index contributed by atoms with van der Waals surface area (Å²) in [6, 6.07) is 17.4. The molecule has 0 bridgehead atoms. The molecule has 2 N–H and O–H groups in total. The Balaban J connectivity index is 1.75. The van der Waals surface area contributed by atoms with Crippen LogP contribution < -0.4 is 10.6 Å². The van der Waals surface area contributed by atoms with Gasteiger partial charge >= 0.3 is 0 Å². The van der Waals surface area contributed by atoms with E-state index >= 15 is 0 Å². The number of carbonyl (C=O) groups is 3. The summed E-state index contributed by atoms with van der Waals surface area (Å²) in [6.45, 7) is 1.01. The lowest BCUT2D eigenvalue weighted by Gasteiger charge is -2.32. The van der Waals surface area contributed by atoms with Crippen molar-refractivity contribution in [3.8, 4) is 6.07 Å². The van der Waals surface area contributed by atoms with Crippen molar-refractivity contribution in [2.75, 3.05) is 19.6 Å². The van der Waals surface area contributed by atoms with Gasteiger partial charge in [0, 0.05) is 18.7 Å². The maximum absolute atomic E-state index is 13.2. The van der Waals surface area contributed by atoms with Crippen LogP contribution in [0.3, 0.4) is 0 Å². The summed E-state index contributed by atoms with van der Waals surface area (Å²) < 4.78 is 0. The van der Waals surface area contributed by atoms with Gasteiger partial charge in [0.15, 0.2) is 0 Å². The fourth-order valence-corrected chi connectivity index (χ4v) is 3.83. The molecule has 3 rings (SSSR count). The Morgan fingerprint density at radius 3 is 2.47 bits per heavy atom. The highest BCUT2D eigenvalue weighted by Crippen LogP contribution is 2.26. The van der Waals surface area contributed by atoms with Gasteiger partial charge in [-0.05, 0) is 42.7 Å². The van der Waals surface area contributed by atoms with Crippen molar-refractivity contribution in [1.29, 1.82) is 5.26 Å². The van der Waals surface area contributed by atoms with Crippen LogP contribution in [-0.4, -0.2) is 42.3 Å². The molecule has 0 aliphatic carbocycles. The van der Waals surface area contributed by atoms with E-state index < -0.39 is 6.04 Å². The van der Waals surface area contributed by atoms with Crippen molar-refractivity contribution < 1.29 is 14.4 Å². The Hall–Kier alpha value is -3.66. The van der Waals surface area contributed by atoms with Crippen LogP contribution in [0.2, 0.25) is 0 Å². The van der Waals surface area contributed by atoms with Gasteiger partial charge in [-0.15, -0.1) is 0 Å². The smallest absolute Gasteiger partial charge is 0.251 e. The molecule has 1 aliphatic rings. The topological polar surface area (TPSA) is 102 Å². The fraction of sp³-hybridized carbons (Fsp3) is 0.360. The van der Waals surface area contributed by atoms with Crippen molar-refractivity contribution in [3.63, 3.8) is 0 Å². The van der Waals surface area contributed by atoms with Crippen molar-refractivity contribution in [2.24, 2.45) is 0 Å². The number of benzene rings is 2. The van der Waals surface area contributed by atoms with Gasteiger partial charge in [0.2, 0.25) is 11.8 Å². The lowest BCUT2D eigenvalue weighted by Crippen LogP contribution is -2.44. The molecule has 1 fully saturated rings. The van der Waals surface area contributed by atoms with Crippen LogP contribution >= 0.6 is 0 Å². The molecule has 0 spiro atoms. The van der Waals surface area contributed by atoms with Crippen molar-refractivity contribution in [2.45, 2.75) is 38.1 Å². The monoisotopic (exact) mass is 432 g/mol. The standard InChI is InChI=1S/C25H28N4O3/c26-17-19-10-12-21(13-11-19)25(32)28-18-24(31)29-15-7-2-1-6-14-27-23(30)16-22(29)20-8-4-3-5-9-20/h3-5,8-13,22H,1-2,6-7,14-16,18H2,(H,27,30)(H,28,32). The zero-order valence-electron chi connectivity index (χ0n) is 18.0. The Kier molecular flexibility index (Phi) is 8.38. The molecular formula is C25H28N4O3. The molecule has 0 saturated carbocycles. The highest BCUT2D eigenvalue weighted by Gasteiger charge is 2.27. The number of carbonyl (C=O) groups excluding carboxylic acids is 3. The van der Waals surface area contributed by atoms with Crippen LogP contribution in [0.1, 0.15) is 59.6 Å². The molecule has 1 heterocycles. The number of nitrogens with zero attached hydrogens (tertiary/aromatic N) is 2. The van der Waals surface area contributed by atoms with Gasteiger partial charge in [-0.1, -0.05) is 43.2 Å². The zero-order chi connectivity index (χ0) is 22.8. The highest BCUT2D eigenvalue weighted by atomic mass is 16.2. The van der Waals surface area contributed by atoms with Gasteiger partial charge in [-0.2, -0.15) is 5.26 Å². The molecule has 0 aromatic heterocycles. The van der Waals surface area contributed by atoms with Gasteiger partial charge in [0.25, 0.3) is 5.91 Å². The number of hydrogen-bond donors (Lipinski definition) is 2. The summed E-state index contributed by atoms with van der Waals surface area (Å²) in [4.78, 5) is 39.9. The first-order valence-corrected chi connectivity index (χ1v) is 11.0. The molecule has 1 aliphatic heterocycles. The Morgan fingerprint density at radius 1 is 1.03 bits per heavy atom. The molecule has 0 radical (unpaired) electrons. The fourth-order valence-electron chi connectivity index (χ4n) is 3.83. The molecule has 32 heavy (non-hydrogen) atoms. The predicted octanol–water partition coefficient (Wildman–Crippen LogP) is 2.94. The maximum atomic E-state index is 13.2. The average Bonchev–Trinajstić information content (AvgIpc) is 2.87. The number of hydrogen-bond acceptors (Lipinski definition) is 4. The minimum Gasteiger partial charge on any atom is -0.356 e. The lowest BCUT2D eigenvalue weighted by molar-refractivity contribution is -0.134. The van der Waals surface area contributed by atoms with Gasteiger partial charge in [0.05, 0.1) is 30.6 Å². The van der Waals surface area contributed by atoms with E-state index in [1.54, 1.807) is 29.2 Å². The third-order valence-electron chi connectivity index (χ3n) is 5.58. The van der Waals surface area contributed by atoms with E-state index in [-0.39, 0.29) is 30.7 Å². The minimum atomic E-state index is -0.395. The molecule has 1 atom stereocenters. The molecule has 166 valence electrons. The van der Waals surface area contributed by atoms with Crippen LogP contribution in [0.15, 0.2) is 54.6 Å². The first-order chi connectivity index (χ1) is 15.6. The molecule has 7 nitrogen and oxygen atoms in total. The molecule has 2 aromatic carbocycles. The Morgan fingerprint density at radius 2 is 1.75 bits per heavy atom. The molecule has 1 saturated heterocycles. The second-order valence-corrected chi connectivity index (χ2v) is 7.85. The molecular weight excluding hydrogens is 404 g/mol. The van der Waals surface area contributed by atoms with Crippen molar-refractivity contribution in [3.05, 3.63) is 71.3 Å². The van der Waals surface area contributed by atoms with E-state index in [0.717, 1.165) is 31.2 Å². The average molecular weight is 433 g/mol. The van der Waals surface area contributed by atoms with E-state index in [9.17, 15) is 14.4 Å². The zero-order valence-corrected chi connectivity index (χ0v) is 18.0. The summed E-state index contributed by atoms with van der Waals surface area (Å²) in [6.07, 6.45) is 3.91.